The molecule has 0 atom stereocenters. The van der Waals surface area contributed by atoms with Gasteiger partial charge in [-0.05, 0) is 54.7 Å². The molecule has 1 N–H and O–H groups in total. The molecule has 2 heterocycles. The molecule has 0 bridgehead atoms. The van der Waals surface area contributed by atoms with Gasteiger partial charge in [0.25, 0.3) is 10.0 Å². The van der Waals surface area contributed by atoms with Crippen molar-refractivity contribution in [3.63, 3.8) is 0 Å². The molecule has 1 aromatic heterocycles. The molecule has 0 saturated heterocycles. The van der Waals surface area contributed by atoms with Crippen molar-refractivity contribution in [3.8, 4) is 0 Å². The third-order valence-electron chi connectivity index (χ3n) is 5.35. The van der Waals surface area contributed by atoms with Crippen molar-refractivity contribution in [2.75, 3.05) is 16.2 Å². The Labute approximate surface area is 177 Å². The SMILES string of the molecule is CC(C)CCN1C(=O)CCc2cc(NS(=O)(=O)c3cccc4cccnc34)ccc21. The monoisotopic (exact) mass is 423 g/mol. The Morgan fingerprint density at radius 1 is 1.10 bits per heavy atom. The highest BCUT2D eigenvalue weighted by molar-refractivity contribution is 7.93. The molecule has 1 aliphatic heterocycles. The minimum absolute atomic E-state index is 0.123. The molecule has 0 unspecified atom stereocenters. The van der Waals surface area contributed by atoms with Gasteiger partial charge in [-0.3, -0.25) is 14.5 Å². The van der Waals surface area contributed by atoms with E-state index in [-0.39, 0.29) is 10.8 Å². The summed E-state index contributed by atoms with van der Waals surface area (Å²) in [5.41, 5.74) is 2.78. The van der Waals surface area contributed by atoms with E-state index >= 15 is 0 Å². The van der Waals surface area contributed by atoms with Gasteiger partial charge < -0.3 is 4.90 Å². The van der Waals surface area contributed by atoms with Crippen molar-refractivity contribution in [1.29, 1.82) is 0 Å². The fourth-order valence-corrected chi connectivity index (χ4v) is 4.99. The van der Waals surface area contributed by atoms with Crippen LogP contribution in [0.2, 0.25) is 0 Å². The second kappa shape index (κ2) is 8.07. The van der Waals surface area contributed by atoms with Crippen molar-refractivity contribution in [2.45, 2.75) is 38.0 Å². The molecule has 1 amide bonds. The molecular formula is C23H25N3O3S. The smallest absolute Gasteiger partial charge is 0.264 e. The number of carbonyl (C=O) groups is 1. The first-order valence-corrected chi connectivity index (χ1v) is 11.6. The lowest BCUT2D eigenvalue weighted by molar-refractivity contribution is -0.118. The molecule has 4 rings (SSSR count). The van der Waals surface area contributed by atoms with Gasteiger partial charge in [-0.1, -0.05) is 32.0 Å². The van der Waals surface area contributed by atoms with E-state index in [2.05, 4.69) is 23.6 Å². The number of nitrogens with zero attached hydrogens (tertiary/aromatic N) is 2. The zero-order chi connectivity index (χ0) is 21.3. The number of rotatable bonds is 6. The average molecular weight is 424 g/mol. The number of sulfonamides is 1. The van der Waals surface area contributed by atoms with Gasteiger partial charge in [0.2, 0.25) is 5.91 Å². The zero-order valence-electron chi connectivity index (χ0n) is 17.1. The summed E-state index contributed by atoms with van der Waals surface area (Å²) in [5.74, 6) is 0.627. The lowest BCUT2D eigenvalue weighted by Gasteiger charge is -2.30. The molecule has 2 aromatic carbocycles. The van der Waals surface area contributed by atoms with Crippen molar-refractivity contribution < 1.29 is 13.2 Å². The molecule has 0 spiro atoms. The molecule has 7 heteroatoms. The molecule has 0 radical (unpaired) electrons. The summed E-state index contributed by atoms with van der Waals surface area (Å²) in [4.78, 5) is 18.6. The molecular weight excluding hydrogens is 398 g/mol. The Hall–Kier alpha value is -2.93. The van der Waals surface area contributed by atoms with E-state index < -0.39 is 10.0 Å². The van der Waals surface area contributed by atoms with E-state index in [1.807, 2.05) is 29.2 Å². The maximum Gasteiger partial charge on any atom is 0.264 e. The Kier molecular flexibility index (Phi) is 5.47. The summed E-state index contributed by atoms with van der Waals surface area (Å²) < 4.78 is 28.8. The lowest BCUT2D eigenvalue weighted by atomic mass is 9.99. The molecule has 3 aromatic rings. The first-order chi connectivity index (χ1) is 14.3. The predicted molar refractivity (Wildman–Crippen MR) is 119 cm³/mol. The van der Waals surface area contributed by atoms with Gasteiger partial charge in [0.1, 0.15) is 4.90 Å². The van der Waals surface area contributed by atoms with Crippen LogP contribution in [-0.4, -0.2) is 25.9 Å². The average Bonchev–Trinajstić information content (AvgIpc) is 2.72. The highest BCUT2D eigenvalue weighted by Gasteiger charge is 2.25. The van der Waals surface area contributed by atoms with Crippen LogP contribution in [0.1, 0.15) is 32.3 Å². The van der Waals surface area contributed by atoms with Crippen LogP contribution >= 0.6 is 0 Å². The summed E-state index contributed by atoms with van der Waals surface area (Å²) in [6.07, 6.45) is 3.56. The summed E-state index contributed by atoms with van der Waals surface area (Å²) >= 11 is 0. The number of benzene rings is 2. The Morgan fingerprint density at radius 2 is 1.90 bits per heavy atom. The van der Waals surface area contributed by atoms with E-state index in [4.69, 9.17) is 0 Å². The fraction of sp³-hybridized carbons (Fsp3) is 0.304. The third kappa shape index (κ3) is 4.03. The molecule has 6 nitrogen and oxygen atoms in total. The van der Waals surface area contributed by atoms with Crippen molar-refractivity contribution in [3.05, 3.63) is 60.3 Å². The number of nitrogens with one attached hydrogen (secondary N) is 1. The van der Waals surface area contributed by atoms with Crippen molar-refractivity contribution in [1.82, 2.24) is 4.98 Å². The first-order valence-electron chi connectivity index (χ1n) is 10.1. The van der Waals surface area contributed by atoms with Crippen LogP contribution in [0.4, 0.5) is 11.4 Å². The van der Waals surface area contributed by atoms with Crippen LogP contribution in [0, 0.1) is 5.92 Å². The van der Waals surface area contributed by atoms with Gasteiger partial charge in [-0.25, -0.2) is 8.42 Å². The summed E-state index contributed by atoms with van der Waals surface area (Å²) in [6.45, 7) is 4.95. The zero-order valence-corrected chi connectivity index (χ0v) is 17.9. The number of pyridine rings is 1. The van der Waals surface area contributed by atoms with Crippen molar-refractivity contribution in [2.24, 2.45) is 5.92 Å². The standard InChI is InChI=1S/C23H25N3O3S/c1-16(2)12-14-26-20-10-9-19(15-18(20)8-11-22(26)27)25-30(28,29)21-7-3-5-17-6-4-13-24-23(17)21/h3-7,9-10,13,15-16,25H,8,11-12,14H2,1-2H3. The molecule has 156 valence electrons. The fourth-order valence-electron chi connectivity index (χ4n) is 3.76. The maximum atomic E-state index is 13.1. The third-order valence-corrected chi connectivity index (χ3v) is 6.76. The van der Waals surface area contributed by atoms with Crippen LogP contribution in [0.3, 0.4) is 0 Å². The number of aromatic nitrogens is 1. The second-order valence-electron chi connectivity index (χ2n) is 8.01. The highest BCUT2D eigenvalue weighted by Crippen LogP contribution is 2.32. The van der Waals surface area contributed by atoms with E-state index in [1.165, 1.54) is 0 Å². The van der Waals surface area contributed by atoms with E-state index in [1.54, 1.807) is 30.5 Å². The number of hydrogen-bond acceptors (Lipinski definition) is 4. The normalized spacial score (nSPS) is 14.2. The minimum atomic E-state index is -3.81. The van der Waals surface area contributed by atoms with Gasteiger partial charge in [0.05, 0.1) is 5.52 Å². The van der Waals surface area contributed by atoms with E-state index in [0.717, 1.165) is 23.1 Å². The van der Waals surface area contributed by atoms with Gasteiger partial charge in [0, 0.05) is 35.9 Å². The molecule has 0 aliphatic carbocycles. The van der Waals surface area contributed by atoms with Gasteiger partial charge in [0.15, 0.2) is 0 Å². The number of aryl methyl sites for hydroxylation is 1. The Bertz CT molecular complexity index is 1200. The summed E-state index contributed by atoms with van der Waals surface area (Å²) in [6, 6.07) is 14.1. The molecule has 30 heavy (non-hydrogen) atoms. The highest BCUT2D eigenvalue weighted by atomic mass is 32.2. The largest absolute Gasteiger partial charge is 0.312 e. The topological polar surface area (TPSA) is 79.4 Å². The lowest BCUT2D eigenvalue weighted by Crippen LogP contribution is -2.36. The maximum absolute atomic E-state index is 13.1. The van der Waals surface area contributed by atoms with Gasteiger partial charge in [-0.15, -0.1) is 0 Å². The predicted octanol–water partition coefficient (Wildman–Crippen LogP) is 4.36. The summed E-state index contributed by atoms with van der Waals surface area (Å²) in [7, 11) is -3.81. The number of hydrogen-bond donors (Lipinski definition) is 1. The van der Waals surface area contributed by atoms with Gasteiger partial charge >= 0.3 is 0 Å². The number of carbonyl (C=O) groups excluding carboxylic acids is 1. The Morgan fingerprint density at radius 3 is 2.70 bits per heavy atom. The number of para-hydroxylation sites is 1. The quantitative estimate of drug-likeness (QED) is 0.639. The first kappa shape index (κ1) is 20.3. The Balaban J connectivity index is 1.63. The second-order valence-corrected chi connectivity index (χ2v) is 9.66. The van der Waals surface area contributed by atoms with Crippen LogP contribution in [0.25, 0.3) is 10.9 Å². The molecule has 0 saturated carbocycles. The van der Waals surface area contributed by atoms with Crippen LogP contribution < -0.4 is 9.62 Å². The van der Waals surface area contributed by atoms with E-state index in [9.17, 15) is 13.2 Å². The van der Waals surface area contributed by atoms with Crippen molar-refractivity contribution >= 4 is 38.2 Å². The van der Waals surface area contributed by atoms with Crippen LogP contribution in [-0.2, 0) is 21.2 Å². The number of amides is 1. The van der Waals surface area contributed by atoms with Crippen LogP contribution in [0.5, 0.6) is 0 Å². The molecule has 0 fully saturated rings. The summed E-state index contributed by atoms with van der Waals surface area (Å²) in [5, 5.41) is 0.769. The number of anilines is 2. The van der Waals surface area contributed by atoms with Gasteiger partial charge in [-0.2, -0.15) is 0 Å². The van der Waals surface area contributed by atoms with Crippen LogP contribution in [0.15, 0.2) is 59.6 Å². The van der Waals surface area contributed by atoms with E-state index in [0.29, 0.717) is 36.5 Å². The minimum Gasteiger partial charge on any atom is -0.312 e. The molecule has 1 aliphatic rings. The number of fused-ring (bicyclic) bond motifs is 2.